The second-order valence-electron chi connectivity index (χ2n) is 7.05. The van der Waals surface area contributed by atoms with Crippen LogP contribution in [0.5, 0.6) is 0 Å². The van der Waals surface area contributed by atoms with Crippen LogP contribution in [-0.4, -0.2) is 27.2 Å². The smallest absolute Gasteiger partial charge is 0.108 e. The molecule has 0 spiro atoms. The normalized spacial score (nSPS) is 16.3. The number of allylic oxidation sites excluding steroid dienone is 3. The van der Waals surface area contributed by atoms with Crippen LogP contribution in [0, 0.1) is 0 Å². The highest BCUT2D eigenvalue weighted by Crippen LogP contribution is 2.58. The number of rotatable bonds is 14. The molecular weight excluding hydrogens is 327 g/mol. The monoisotopic (exact) mass is 368 g/mol. The molecule has 0 rings (SSSR count). The van der Waals surface area contributed by atoms with Crippen LogP contribution in [0.15, 0.2) is 36.3 Å². The van der Waals surface area contributed by atoms with Gasteiger partial charge in [0.1, 0.15) is 5.76 Å². The number of aliphatic hydroxyl groups is 2. The molecule has 3 atom stereocenters. The summed E-state index contributed by atoms with van der Waals surface area (Å²) in [5.41, 5.74) is 2.64. The van der Waals surface area contributed by atoms with Crippen molar-refractivity contribution in [2.75, 3.05) is 0 Å². The molecule has 25 heavy (non-hydrogen) atoms. The predicted octanol–water partition coefficient (Wildman–Crippen LogP) is 7.86. The highest BCUT2D eigenvalue weighted by atomic mass is 31.1. The van der Waals surface area contributed by atoms with Crippen LogP contribution in [0.1, 0.15) is 86.0 Å². The Morgan fingerprint density at radius 3 is 2.00 bits per heavy atom. The summed E-state index contributed by atoms with van der Waals surface area (Å²) in [6, 6.07) is 0. The molecule has 0 aliphatic carbocycles. The summed E-state index contributed by atoms with van der Waals surface area (Å²) in [4.78, 5) is 0. The molecule has 0 saturated heterocycles. The van der Waals surface area contributed by atoms with Gasteiger partial charge in [-0.15, -0.1) is 0 Å². The van der Waals surface area contributed by atoms with Crippen LogP contribution >= 0.6 is 7.92 Å². The van der Waals surface area contributed by atoms with Crippen LogP contribution in [0.4, 0.5) is 0 Å². The molecule has 2 N–H and O–H groups in total. The van der Waals surface area contributed by atoms with E-state index in [1.165, 1.54) is 57.6 Å². The van der Waals surface area contributed by atoms with Crippen molar-refractivity contribution in [3.8, 4) is 0 Å². The maximum atomic E-state index is 9.72. The third-order valence-corrected chi connectivity index (χ3v) is 8.96. The zero-order valence-electron chi connectivity index (χ0n) is 17.2. The molecule has 0 fully saturated rings. The van der Waals surface area contributed by atoms with Gasteiger partial charge in [0.2, 0.25) is 0 Å². The average molecular weight is 369 g/mol. The van der Waals surface area contributed by atoms with Gasteiger partial charge in [-0.25, -0.2) is 0 Å². The van der Waals surface area contributed by atoms with E-state index in [9.17, 15) is 10.2 Å². The molecular formula is C22H41O2P. The fourth-order valence-electron chi connectivity index (χ4n) is 3.63. The highest BCUT2D eigenvalue weighted by molar-refractivity contribution is 7.60. The molecule has 0 aliphatic rings. The third-order valence-electron chi connectivity index (χ3n) is 4.91. The van der Waals surface area contributed by atoms with Crippen molar-refractivity contribution < 1.29 is 10.2 Å². The molecule has 3 heteroatoms. The molecule has 0 aromatic carbocycles. The summed E-state index contributed by atoms with van der Waals surface area (Å²) >= 11 is 0. The first-order chi connectivity index (χ1) is 12.0. The lowest BCUT2D eigenvalue weighted by atomic mass is 10.1. The van der Waals surface area contributed by atoms with E-state index in [2.05, 4.69) is 40.3 Å². The minimum Gasteiger partial charge on any atom is -0.516 e. The fraction of sp³-hybridized carbons (Fsp3) is 0.727. The third kappa shape index (κ3) is 8.95. The van der Waals surface area contributed by atoms with Gasteiger partial charge in [-0.2, -0.15) is 0 Å². The van der Waals surface area contributed by atoms with E-state index < -0.39 is 0 Å². The van der Waals surface area contributed by atoms with Crippen LogP contribution in [0.25, 0.3) is 0 Å². The number of aliphatic hydroxyl groups excluding tert-OH is 2. The Morgan fingerprint density at radius 2 is 1.60 bits per heavy atom. The fourth-order valence-corrected chi connectivity index (χ4v) is 7.97. The van der Waals surface area contributed by atoms with Crippen molar-refractivity contribution in [1.29, 1.82) is 0 Å². The largest absolute Gasteiger partial charge is 0.516 e. The van der Waals surface area contributed by atoms with Crippen molar-refractivity contribution in [2.24, 2.45) is 0 Å². The molecule has 0 saturated carbocycles. The van der Waals surface area contributed by atoms with Gasteiger partial charge in [0.15, 0.2) is 0 Å². The second-order valence-corrected chi connectivity index (χ2v) is 9.96. The van der Waals surface area contributed by atoms with Gasteiger partial charge in [-0.1, -0.05) is 74.0 Å². The Bertz CT molecular complexity index is 408. The van der Waals surface area contributed by atoms with Gasteiger partial charge >= 0.3 is 0 Å². The molecule has 0 radical (unpaired) electrons. The summed E-state index contributed by atoms with van der Waals surface area (Å²) < 4.78 is 0. The van der Waals surface area contributed by atoms with Gasteiger partial charge in [0.25, 0.3) is 0 Å². The second kappa shape index (κ2) is 14.4. The lowest BCUT2D eigenvalue weighted by Crippen LogP contribution is -2.23. The minimum atomic E-state index is -0.318. The molecule has 146 valence electrons. The summed E-state index contributed by atoms with van der Waals surface area (Å²) in [7, 11) is -0.318. The zero-order chi connectivity index (χ0) is 19.2. The molecule has 3 unspecified atom stereocenters. The molecule has 0 aliphatic heterocycles. The Balaban J connectivity index is 5.91. The van der Waals surface area contributed by atoms with Gasteiger partial charge in [0, 0.05) is 5.66 Å². The Hall–Kier alpha value is -0.750. The lowest BCUT2D eigenvalue weighted by Gasteiger charge is -2.39. The topological polar surface area (TPSA) is 40.5 Å². The molecule has 2 nitrogen and oxygen atoms in total. The van der Waals surface area contributed by atoms with Gasteiger partial charge in [-0.3, -0.25) is 0 Å². The molecule has 0 amide bonds. The maximum Gasteiger partial charge on any atom is 0.108 e. The Labute approximate surface area is 157 Å². The van der Waals surface area contributed by atoms with Crippen LogP contribution in [0.3, 0.4) is 0 Å². The summed E-state index contributed by atoms with van der Waals surface area (Å²) in [6.45, 7) is 14.7. The van der Waals surface area contributed by atoms with Crippen molar-refractivity contribution in [2.45, 2.75) is 103 Å². The molecule has 0 heterocycles. The molecule has 0 bridgehead atoms. The first-order valence-electron chi connectivity index (χ1n) is 10.1. The van der Waals surface area contributed by atoms with Crippen molar-refractivity contribution in [3.63, 3.8) is 0 Å². The lowest BCUT2D eigenvalue weighted by molar-refractivity contribution is 0.435. The van der Waals surface area contributed by atoms with Gasteiger partial charge in [0.05, 0.1) is 6.26 Å². The minimum absolute atomic E-state index is 0.0924. The number of hydrogen-bond acceptors (Lipinski definition) is 2. The van der Waals surface area contributed by atoms with Crippen molar-refractivity contribution >= 4 is 7.92 Å². The number of unbranched alkanes of at least 4 members (excludes halogenated alkanes) is 1. The SMILES string of the molecule is C=C(O)/C=C/C(/C(C)=C\O)P(C(CC)CCCC)C(CCC)CCC. The van der Waals surface area contributed by atoms with E-state index in [-0.39, 0.29) is 19.3 Å². The highest BCUT2D eigenvalue weighted by Gasteiger charge is 2.33. The van der Waals surface area contributed by atoms with Crippen LogP contribution < -0.4 is 0 Å². The molecule has 0 aromatic heterocycles. The zero-order valence-corrected chi connectivity index (χ0v) is 18.1. The predicted molar refractivity (Wildman–Crippen MR) is 115 cm³/mol. The Kier molecular flexibility index (Phi) is 14.0. The average Bonchev–Trinajstić information content (AvgIpc) is 2.59. The van der Waals surface area contributed by atoms with Crippen molar-refractivity contribution in [1.82, 2.24) is 0 Å². The van der Waals surface area contributed by atoms with Crippen LogP contribution in [0.2, 0.25) is 0 Å². The van der Waals surface area contributed by atoms with Gasteiger partial charge < -0.3 is 10.2 Å². The number of hydrogen-bond donors (Lipinski definition) is 2. The van der Waals surface area contributed by atoms with E-state index in [0.29, 0.717) is 11.3 Å². The quantitative estimate of drug-likeness (QED) is 0.186. The van der Waals surface area contributed by atoms with E-state index >= 15 is 0 Å². The first kappa shape index (κ1) is 24.2. The van der Waals surface area contributed by atoms with Gasteiger partial charge in [-0.05, 0) is 55.6 Å². The maximum absolute atomic E-state index is 9.72. The standard InChI is InChI=1S/C22H41O2P/c1-7-11-14-20(10-4)25(21(12-8-2)13-9-3)22(18(5)17-23)16-15-19(6)24/h15-17,20-24H,6-14H2,1-5H3/b16-15+,18-17-. The van der Waals surface area contributed by atoms with Crippen LogP contribution in [-0.2, 0) is 0 Å². The Morgan fingerprint density at radius 1 is 1.00 bits per heavy atom. The first-order valence-corrected chi connectivity index (χ1v) is 11.7. The van der Waals surface area contributed by atoms with Crippen molar-refractivity contribution in [3.05, 3.63) is 36.3 Å². The summed E-state index contributed by atoms with van der Waals surface area (Å²) in [6.07, 6.45) is 15.0. The summed E-state index contributed by atoms with van der Waals surface area (Å²) in [5, 5.41) is 19.3. The summed E-state index contributed by atoms with van der Waals surface area (Å²) in [5.74, 6) is 0.0924. The van der Waals surface area contributed by atoms with E-state index in [4.69, 9.17) is 0 Å². The van der Waals surface area contributed by atoms with E-state index in [0.717, 1.165) is 5.57 Å². The van der Waals surface area contributed by atoms with E-state index in [1.54, 1.807) is 6.08 Å². The van der Waals surface area contributed by atoms with E-state index in [1.807, 2.05) is 6.92 Å². The molecule has 0 aromatic rings.